The summed E-state index contributed by atoms with van der Waals surface area (Å²) in [6, 6.07) is 5.56. The van der Waals surface area contributed by atoms with Crippen molar-refractivity contribution in [3.63, 3.8) is 0 Å². The van der Waals surface area contributed by atoms with E-state index in [-0.39, 0.29) is 29.0 Å². The molecule has 2 aliphatic heterocycles. The van der Waals surface area contributed by atoms with Crippen LogP contribution >= 0.6 is 12.2 Å². The maximum absolute atomic E-state index is 12.4. The number of hydrogen-bond donors (Lipinski definition) is 3. The molecule has 8 nitrogen and oxygen atoms in total. The zero-order valence-corrected chi connectivity index (χ0v) is 15.6. The van der Waals surface area contributed by atoms with Crippen LogP contribution in [0.1, 0.15) is 43.4 Å². The van der Waals surface area contributed by atoms with Gasteiger partial charge < -0.3 is 20.0 Å². The Hall–Kier alpha value is -2.81. The van der Waals surface area contributed by atoms with Crippen LogP contribution in [0, 0.1) is 4.77 Å². The van der Waals surface area contributed by atoms with Crippen LogP contribution in [0.15, 0.2) is 28.1 Å². The monoisotopic (exact) mass is 388 g/mol. The number of H-pyrrole nitrogens is 1. The Bertz CT molecular complexity index is 1030. The van der Waals surface area contributed by atoms with Crippen molar-refractivity contribution < 1.29 is 14.6 Å². The lowest BCUT2D eigenvalue weighted by molar-refractivity contribution is 0.174. The minimum absolute atomic E-state index is 0.124. The normalized spacial score (nSPS) is 17.7. The number of nitrogens with one attached hydrogen (secondary N) is 2. The molecule has 0 saturated carbocycles. The highest BCUT2D eigenvalue weighted by molar-refractivity contribution is 7.71. The summed E-state index contributed by atoms with van der Waals surface area (Å²) >= 11 is 5.19. The van der Waals surface area contributed by atoms with Gasteiger partial charge in [-0.2, -0.15) is 5.10 Å². The summed E-state index contributed by atoms with van der Waals surface area (Å²) in [6.07, 6.45) is 2.25. The first-order valence-corrected chi connectivity index (χ1v) is 9.27. The standard InChI is InChI=1S/C18H20N4O4S/c1-2-3-6-22-17(24)15(16(23)19-18(22)27)12-8-11(20-21-12)10-4-5-13-14(7-10)26-9-25-13/h4-5,7,11,20,24H,2-3,6,8-9H2,1H3,(H,19,23,27)/t11-/m1/s1. The first-order valence-electron chi connectivity index (χ1n) is 8.86. The molecule has 3 heterocycles. The van der Waals surface area contributed by atoms with Crippen molar-refractivity contribution in [3.8, 4) is 17.4 Å². The molecule has 0 bridgehead atoms. The van der Waals surface area contributed by atoms with E-state index in [1.54, 1.807) is 4.57 Å². The number of nitrogens with zero attached hydrogens (tertiary/aromatic N) is 2. The number of aromatic amines is 1. The quantitative estimate of drug-likeness (QED) is 0.681. The van der Waals surface area contributed by atoms with Crippen LogP contribution in [-0.4, -0.2) is 27.2 Å². The van der Waals surface area contributed by atoms with Crippen LogP contribution in [0.3, 0.4) is 0 Å². The van der Waals surface area contributed by atoms with Gasteiger partial charge in [-0.1, -0.05) is 19.4 Å². The van der Waals surface area contributed by atoms with Crippen molar-refractivity contribution in [2.45, 2.75) is 38.8 Å². The molecule has 0 aliphatic carbocycles. The highest BCUT2D eigenvalue weighted by Crippen LogP contribution is 2.36. The van der Waals surface area contributed by atoms with E-state index < -0.39 is 5.56 Å². The third-order valence-corrected chi connectivity index (χ3v) is 5.07. The van der Waals surface area contributed by atoms with Crippen molar-refractivity contribution in [3.05, 3.63) is 44.5 Å². The van der Waals surface area contributed by atoms with E-state index in [0.29, 0.717) is 30.2 Å². The summed E-state index contributed by atoms with van der Waals surface area (Å²) in [7, 11) is 0. The fourth-order valence-electron chi connectivity index (χ4n) is 3.26. The molecule has 3 N–H and O–H groups in total. The number of fused-ring (bicyclic) bond motifs is 1. The predicted octanol–water partition coefficient (Wildman–Crippen LogP) is 2.58. The van der Waals surface area contributed by atoms with E-state index in [9.17, 15) is 9.90 Å². The molecule has 2 aliphatic rings. The SMILES string of the molecule is CCCCn1c(O)c(C2=NN[C@@H](c3ccc4c(c3)OCO4)C2)c(=O)[nH]c1=S. The fourth-order valence-corrected chi connectivity index (χ4v) is 3.53. The summed E-state index contributed by atoms with van der Waals surface area (Å²) in [4.78, 5) is 15.1. The topological polar surface area (TPSA) is 101 Å². The number of hydrogen-bond acceptors (Lipinski definition) is 7. The van der Waals surface area contributed by atoms with E-state index >= 15 is 0 Å². The van der Waals surface area contributed by atoms with Crippen LogP contribution in [0.2, 0.25) is 0 Å². The molecule has 27 heavy (non-hydrogen) atoms. The maximum Gasteiger partial charge on any atom is 0.264 e. The molecule has 142 valence electrons. The number of unbranched alkanes of at least 4 members (excludes halogenated alkanes) is 1. The number of ether oxygens (including phenoxy) is 2. The Morgan fingerprint density at radius 3 is 3.00 bits per heavy atom. The second-order valence-electron chi connectivity index (χ2n) is 6.52. The Labute approximate surface area is 160 Å². The number of rotatable bonds is 5. The third-order valence-electron chi connectivity index (χ3n) is 4.75. The van der Waals surface area contributed by atoms with E-state index in [1.807, 2.05) is 25.1 Å². The predicted molar refractivity (Wildman–Crippen MR) is 102 cm³/mol. The Morgan fingerprint density at radius 2 is 2.19 bits per heavy atom. The van der Waals surface area contributed by atoms with Gasteiger partial charge in [0.1, 0.15) is 5.56 Å². The van der Waals surface area contributed by atoms with Crippen LogP contribution in [-0.2, 0) is 6.54 Å². The van der Waals surface area contributed by atoms with Crippen LogP contribution in [0.4, 0.5) is 0 Å². The molecule has 0 fully saturated rings. The molecule has 0 saturated heterocycles. The summed E-state index contributed by atoms with van der Waals surface area (Å²) in [5.74, 6) is 1.27. The van der Waals surface area contributed by atoms with E-state index in [0.717, 1.165) is 18.4 Å². The summed E-state index contributed by atoms with van der Waals surface area (Å²) in [5, 5.41) is 14.9. The molecule has 1 aromatic heterocycles. The van der Waals surface area contributed by atoms with Gasteiger partial charge >= 0.3 is 0 Å². The minimum Gasteiger partial charge on any atom is -0.494 e. The van der Waals surface area contributed by atoms with Gasteiger partial charge in [0.2, 0.25) is 12.7 Å². The summed E-state index contributed by atoms with van der Waals surface area (Å²) < 4.78 is 12.5. The lowest BCUT2D eigenvalue weighted by Gasteiger charge is -2.13. The zero-order valence-electron chi connectivity index (χ0n) is 14.8. The van der Waals surface area contributed by atoms with Gasteiger partial charge in [0.15, 0.2) is 16.3 Å². The van der Waals surface area contributed by atoms with E-state index in [4.69, 9.17) is 21.7 Å². The Balaban J connectivity index is 1.62. The highest BCUT2D eigenvalue weighted by Gasteiger charge is 2.28. The molecule has 0 radical (unpaired) electrons. The Morgan fingerprint density at radius 1 is 1.37 bits per heavy atom. The molecule has 4 rings (SSSR count). The second kappa shape index (κ2) is 7.07. The van der Waals surface area contributed by atoms with Crippen molar-refractivity contribution in [1.29, 1.82) is 0 Å². The molecular weight excluding hydrogens is 368 g/mol. The van der Waals surface area contributed by atoms with Gasteiger partial charge in [0.05, 0.1) is 11.8 Å². The molecule has 1 atom stereocenters. The molecule has 0 amide bonds. The van der Waals surface area contributed by atoms with Gasteiger partial charge in [0.25, 0.3) is 5.56 Å². The number of benzene rings is 1. The van der Waals surface area contributed by atoms with Gasteiger partial charge in [-0.25, -0.2) is 0 Å². The van der Waals surface area contributed by atoms with Crippen molar-refractivity contribution >= 4 is 17.9 Å². The average Bonchev–Trinajstić information content (AvgIpc) is 3.30. The van der Waals surface area contributed by atoms with E-state index in [1.165, 1.54) is 0 Å². The molecule has 0 unspecified atom stereocenters. The third kappa shape index (κ3) is 3.18. The number of hydrazone groups is 1. The number of aromatic nitrogens is 2. The second-order valence-corrected chi connectivity index (χ2v) is 6.91. The molecule has 0 spiro atoms. The molecular formula is C18H20N4O4S. The smallest absolute Gasteiger partial charge is 0.264 e. The first kappa shape index (κ1) is 17.6. The van der Waals surface area contributed by atoms with Crippen LogP contribution in [0.25, 0.3) is 0 Å². The van der Waals surface area contributed by atoms with Gasteiger partial charge in [-0.15, -0.1) is 0 Å². The van der Waals surface area contributed by atoms with Gasteiger partial charge in [-0.3, -0.25) is 14.3 Å². The maximum atomic E-state index is 12.4. The van der Waals surface area contributed by atoms with Crippen molar-refractivity contribution in [2.75, 3.05) is 6.79 Å². The highest BCUT2D eigenvalue weighted by atomic mass is 32.1. The summed E-state index contributed by atoms with van der Waals surface area (Å²) in [5.41, 5.74) is 4.23. The Kier molecular flexibility index (Phi) is 4.61. The lowest BCUT2D eigenvalue weighted by Crippen LogP contribution is -2.22. The lowest BCUT2D eigenvalue weighted by atomic mass is 9.99. The fraction of sp³-hybridized carbons (Fsp3) is 0.389. The van der Waals surface area contributed by atoms with Gasteiger partial charge in [-0.05, 0) is 36.3 Å². The summed E-state index contributed by atoms with van der Waals surface area (Å²) in [6.45, 7) is 2.80. The molecule has 2 aromatic rings. The zero-order chi connectivity index (χ0) is 19.0. The molecule has 9 heteroatoms. The minimum atomic E-state index is -0.433. The largest absolute Gasteiger partial charge is 0.494 e. The van der Waals surface area contributed by atoms with Crippen LogP contribution < -0.4 is 20.5 Å². The first-order chi connectivity index (χ1) is 13.1. The average molecular weight is 388 g/mol. The van der Waals surface area contributed by atoms with Crippen molar-refractivity contribution in [2.24, 2.45) is 5.10 Å². The molecule has 1 aromatic carbocycles. The van der Waals surface area contributed by atoms with E-state index in [2.05, 4.69) is 15.5 Å². The van der Waals surface area contributed by atoms with Gasteiger partial charge in [0, 0.05) is 13.0 Å². The van der Waals surface area contributed by atoms with Crippen LogP contribution in [0.5, 0.6) is 17.4 Å². The van der Waals surface area contributed by atoms with Crippen molar-refractivity contribution in [1.82, 2.24) is 15.0 Å². The number of aromatic hydroxyl groups is 1.